The van der Waals surface area contributed by atoms with Gasteiger partial charge in [0.2, 0.25) is 0 Å². The Balaban J connectivity index is 1.87. The highest BCUT2D eigenvalue weighted by molar-refractivity contribution is 4.63. The molecule has 0 bridgehead atoms. The largest absolute Gasteiger partial charge is 0.381 e. The van der Waals surface area contributed by atoms with Gasteiger partial charge in [0.05, 0.1) is 6.10 Å². The van der Waals surface area contributed by atoms with Gasteiger partial charge in [0.25, 0.3) is 0 Å². The van der Waals surface area contributed by atoms with Crippen molar-refractivity contribution in [2.24, 2.45) is 0 Å². The van der Waals surface area contributed by atoms with E-state index in [1.165, 1.54) is 19.3 Å². The molecule has 1 saturated heterocycles. The second-order valence-corrected chi connectivity index (χ2v) is 4.64. The topological polar surface area (TPSA) is 30.5 Å². The van der Waals surface area contributed by atoms with E-state index in [1.807, 2.05) is 0 Å². The molecule has 0 aromatic carbocycles. The molecule has 0 aliphatic carbocycles. The lowest BCUT2D eigenvalue weighted by molar-refractivity contribution is -0.0327. The molecule has 0 spiro atoms. The van der Waals surface area contributed by atoms with E-state index in [1.54, 1.807) is 0 Å². The number of hydrogen-bond acceptors (Lipinski definition) is 3. The Morgan fingerprint density at radius 3 is 2.75 bits per heavy atom. The first-order chi connectivity index (χ1) is 7.83. The van der Waals surface area contributed by atoms with Crippen molar-refractivity contribution in [1.29, 1.82) is 0 Å². The van der Waals surface area contributed by atoms with E-state index in [0.717, 1.165) is 39.2 Å². The van der Waals surface area contributed by atoms with Gasteiger partial charge in [-0.05, 0) is 45.6 Å². The Kier molecular flexibility index (Phi) is 7.81. The monoisotopic (exact) mass is 229 g/mol. The number of hydrogen-bond donors (Lipinski definition) is 1. The molecule has 1 fully saturated rings. The third kappa shape index (κ3) is 6.46. The number of unbranched alkanes of at least 4 members (excludes halogenated alkanes) is 1. The van der Waals surface area contributed by atoms with Crippen LogP contribution in [0.4, 0.5) is 0 Å². The third-order valence-corrected chi connectivity index (χ3v) is 3.11. The molecule has 0 radical (unpaired) electrons. The van der Waals surface area contributed by atoms with Crippen molar-refractivity contribution in [2.75, 3.05) is 26.4 Å². The van der Waals surface area contributed by atoms with Gasteiger partial charge in [-0.2, -0.15) is 0 Å². The van der Waals surface area contributed by atoms with Gasteiger partial charge < -0.3 is 14.8 Å². The first-order valence-corrected chi connectivity index (χ1v) is 6.75. The van der Waals surface area contributed by atoms with E-state index in [0.29, 0.717) is 12.1 Å². The Hall–Kier alpha value is -0.120. The van der Waals surface area contributed by atoms with Crippen molar-refractivity contribution >= 4 is 0 Å². The van der Waals surface area contributed by atoms with Crippen LogP contribution in [0.2, 0.25) is 0 Å². The van der Waals surface area contributed by atoms with E-state index >= 15 is 0 Å². The van der Waals surface area contributed by atoms with Gasteiger partial charge in [-0.3, -0.25) is 0 Å². The quantitative estimate of drug-likeness (QED) is 0.648. The number of nitrogens with one attached hydrogen (secondary N) is 1. The molecule has 1 aliphatic rings. The molecule has 1 atom stereocenters. The minimum absolute atomic E-state index is 0.458. The van der Waals surface area contributed by atoms with Gasteiger partial charge >= 0.3 is 0 Å². The molecule has 3 heteroatoms. The van der Waals surface area contributed by atoms with Crippen molar-refractivity contribution in [1.82, 2.24) is 5.32 Å². The van der Waals surface area contributed by atoms with Crippen LogP contribution >= 0.6 is 0 Å². The lowest BCUT2D eigenvalue weighted by atomic mass is 10.1. The van der Waals surface area contributed by atoms with Crippen molar-refractivity contribution < 1.29 is 9.47 Å². The Morgan fingerprint density at radius 2 is 2.06 bits per heavy atom. The highest BCUT2D eigenvalue weighted by Gasteiger charge is 2.13. The van der Waals surface area contributed by atoms with Gasteiger partial charge in [-0.25, -0.2) is 0 Å². The van der Waals surface area contributed by atoms with E-state index < -0.39 is 0 Å². The number of rotatable bonds is 8. The van der Waals surface area contributed by atoms with Crippen molar-refractivity contribution in [3.8, 4) is 0 Å². The van der Waals surface area contributed by atoms with Gasteiger partial charge in [-0.1, -0.05) is 6.92 Å². The Labute approximate surface area is 99.9 Å². The summed E-state index contributed by atoms with van der Waals surface area (Å²) in [6, 6.07) is 0.646. The molecule has 0 saturated carbocycles. The van der Waals surface area contributed by atoms with Crippen LogP contribution in [0.25, 0.3) is 0 Å². The van der Waals surface area contributed by atoms with Crippen LogP contribution in [0.1, 0.15) is 46.0 Å². The minimum atomic E-state index is 0.458. The molecule has 16 heavy (non-hydrogen) atoms. The summed E-state index contributed by atoms with van der Waals surface area (Å²) in [5.74, 6) is 0. The van der Waals surface area contributed by atoms with Crippen LogP contribution in [-0.4, -0.2) is 38.5 Å². The average molecular weight is 229 g/mol. The van der Waals surface area contributed by atoms with E-state index in [4.69, 9.17) is 9.47 Å². The van der Waals surface area contributed by atoms with Crippen LogP contribution in [0.3, 0.4) is 0 Å². The Morgan fingerprint density at radius 1 is 1.31 bits per heavy atom. The minimum Gasteiger partial charge on any atom is -0.381 e. The smallest absolute Gasteiger partial charge is 0.0619 e. The summed E-state index contributed by atoms with van der Waals surface area (Å²) in [5, 5.41) is 3.43. The molecule has 1 unspecified atom stereocenters. The Bertz CT molecular complexity index is 158. The lowest BCUT2D eigenvalue weighted by Crippen LogP contribution is -2.26. The molecule has 0 aromatic heterocycles. The first kappa shape index (κ1) is 13.9. The van der Waals surface area contributed by atoms with Crippen LogP contribution in [0.15, 0.2) is 0 Å². The van der Waals surface area contributed by atoms with Crippen molar-refractivity contribution in [3.05, 3.63) is 0 Å². The van der Waals surface area contributed by atoms with Crippen LogP contribution < -0.4 is 5.32 Å². The average Bonchev–Trinajstić information content (AvgIpc) is 2.30. The molecule has 1 N–H and O–H groups in total. The molecule has 1 rings (SSSR count). The van der Waals surface area contributed by atoms with Crippen LogP contribution in [-0.2, 0) is 9.47 Å². The summed E-state index contributed by atoms with van der Waals surface area (Å²) < 4.78 is 11.1. The fourth-order valence-corrected chi connectivity index (χ4v) is 2.10. The summed E-state index contributed by atoms with van der Waals surface area (Å²) in [7, 11) is 0. The first-order valence-electron chi connectivity index (χ1n) is 6.75. The standard InChI is InChI=1S/C13H27NO2/c1-3-14-12(2)6-4-5-9-16-13-7-10-15-11-8-13/h12-14H,3-11H2,1-2H3. The van der Waals surface area contributed by atoms with Gasteiger partial charge in [0.1, 0.15) is 0 Å². The maximum atomic E-state index is 5.82. The van der Waals surface area contributed by atoms with Gasteiger partial charge in [0.15, 0.2) is 0 Å². The second kappa shape index (κ2) is 8.97. The maximum Gasteiger partial charge on any atom is 0.0619 e. The van der Waals surface area contributed by atoms with Crippen LogP contribution in [0.5, 0.6) is 0 Å². The summed E-state index contributed by atoms with van der Waals surface area (Å²) >= 11 is 0. The molecular weight excluding hydrogens is 202 g/mol. The predicted molar refractivity (Wildman–Crippen MR) is 66.8 cm³/mol. The zero-order valence-corrected chi connectivity index (χ0v) is 10.8. The highest BCUT2D eigenvalue weighted by atomic mass is 16.5. The zero-order valence-electron chi connectivity index (χ0n) is 10.8. The maximum absolute atomic E-state index is 5.82. The van der Waals surface area contributed by atoms with Crippen molar-refractivity contribution in [2.45, 2.75) is 58.1 Å². The van der Waals surface area contributed by atoms with E-state index in [-0.39, 0.29) is 0 Å². The lowest BCUT2D eigenvalue weighted by Gasteiger charge is -2.22. The molecule has 0 amide bonds. The predicted octanol–water partition coefficient (Wildman–Crippen LogP) is 2.35. The SMILES string of the molecule is CCNC(C)CCCCOC1CCOCC1. The normalized spacial score (nSPS) is 19.9. The third-order valence-electron chi connectivity index (χ3n) is 3.11. The van der Waals surface area contributed by atoms with Crippen LogP contribution in [0, 0.1) is 0 Å². The summed E-state index contributed by atoms with van der Waals surface area (Å²) in [6.45, 7) is 8.15. The highest BCUT2D eigenvalue weighted by Crippen LogP contribution is 2.11. The fourth-order valence-electron chi connectivity index (χ4n) is 2.10. The van der Waals surface area contributed by atoms with E-state index in [9.17, 15) is 0 Å². The molecule has 0 aromatic rings. The molecule has 1 heterocycles. The molecular formula is C13H27NO2. The van der Waals surface area contributed by atoms with Gasteiger partial charge in [0, 0.05) is 25.9 Å². The molecule has 3 nitrogen and oxygen atoms in total. The summed E-state index contributed by atoms with van der Waals surface area (Å²) in [4.78, 5) is 0. The molecule has 1 aliphatic heterocycles. The van der Waals surface area contributed by atoms with E-state index in [2.05, 4.69) is 19.2 Å². The van der Waals surface area contributed by atoms with Gasteiger partial charge in [-0.15, -0.1) is 0 Å². The second-order valence-electron chi connectivity index (χ2n) is 4.64. The fraction of sp³-hybridized carbons (Fsp3) is 1.00. The summed E-state index contributed by atoms with van der Waals surface area (Å²) in [5.41, 5.74) is 0. The molecule has 96 valence electrons. The van der Waals surface area contributed by atoms with Crippen molar-refractivity contribution in [3.63, 3.8) is 0 Å². The summed E-state index contributed by atoms with van der Waals surface area (Å²) in [6.07, 6.45) is 6.32. The zero-order chi connectivity index (χ0) is 11.6. The number of ether oxygens (including phenoxy) is 2.